The summed E-state index contributed by atoms with van der Waals surface area (Å²) >= 11 is 0. The number of carbonyl (C=O) groups is 1. The number of hydrogen-bond acceptors (Lipinski definition) is 6. The van der Waals surface area contributed by atoms with Gasteiger partial charge in [0, 0.05) is 17.3 Å². The van der Waals surface area contributed by atoms with Crippen molar-refractivity contribution in [3.63, 3.8) is 0 Å². The van der Waals surface area contributed by atoms with Crippen LogP contribution in [0.2, 0.25) is 0 Å². The molecule has 144 valence electrons. The molecule has 2 saturated heterocycles. The molecule has 6 fully saturated rings. The molecule has 0 radical (unpaired) electrons. The predicted octanol–water partition coefficient (Wildman–Crippen LogP) is 0.376. The Hall–Kier alpha value is -0.790. The van der Waals surface area contributed by atoms with Gasteiger partial charge in [0.2, 0.25) is 5.79 Å². The lowest BCUT2D eigenvalue weighted by Gasteiger charge is -2.74. The molecule has 4 saturated carbocycles. The van der Waals surface area contributed by atoms with Gasteiger partial charge in [0.15, 0.2) is 5.78 Å². The van der Waals surface area contributed by atoms with Gasteiger partial charge in [-0.25, -0.2) is 0 Å². The first-order valence-corrected chi connectivity index (χ1v) is 9.68. The van der Waals surface area contributed by atoms with Crippen LogP contribution < -0.4 is 0 Å². The topological polar surface area (TPSA) is 107 Å². The van der Waals surface area contributed by atoms with Gasteiger partial charge >= 0.3 is 0 Å². The van der Waals surface area contributed by atoms with Crippen molar-refractivity contribution in [2.45, 2.75) is 63.6 Å². The maximum Gasteiger partial charge on any atom is 0.205 e. The zero-order valence-electron chi connectivity index (χ0n) is 15.3. The second kappa shape index (κ2) is 4.61. The van der Waals surface area contributed by atoms with E-state index in [1.54, 1.807) is 0 Å². The minimum atomic E-state index is -2.05. The van der Waals surface area contributed by atoms with E-state index >= 15 is 0 Å². The van der Waals surface area contributed by atoms with E-state index in [0.717, 1.165) is 0 Å². The molecule has 4 N–H and O–H groups in total. The second-order valence-corrected chi connectivity index (χ2v) is 10.1. The van der Waals surface area contributed by atoms with Gasteiger partial charge in [0.05, 0.1) is 24.2 Å². The molecule has 26 heavy (non-hydrogen) atoms. The van der Waals surface area contributed by atoms with E-state index in [9.17, 15) is 25.2 Å². The average molecular weight is 364 g/mol. The number of aliphatic hydroxyl groups is 4. The summed E-state index contributed by atoms with van der Waals surface area (Å²) in [4.78, 5) is 13.3. The van der Waals surface area contributed by atoms with Gasteiger partial charge in [0.1, 0.15) is 6.10 Å². The molecule has 4 aliphatic carbocycles. The zero-order chi connectivity index (χ0) is 18.9. The van der Waals surface area contributed by atoms with E-state index < -0.39 is 46.8 Å². The monoisotopic (exact) mass is 364 g/mol. The molecule has 6 heteroatoms. The van der Waals surface area contributed by atoms with Crippen molar-refractivity contribution in [1.29, 1.82) is 0 Å². The van der Waals surface area contributed by atoms with Crippen LogP contribution in [-0.4, -0.2) is 56.9 Å². The van der Waals surface area contributed by atoms with Gasteiger partial charge in [-0.15, -0.1) is 0 Å². The Labute approximate surface area is 152 Å². The van der Waals surface area contributed by atoms with Crippen molar-refractivity contribution in [3.8, 4) is 0 Å². The lowest BCUT2D eigenvalue weighted by atomic mass is 9.35. The molecule has 0 aromatic heterocycles. The number of ketones is 1. The minimum absolute atomic E-state index is 0.0454. The summed E-state index contributed by atoms with van der Waals surface area (Å²) in [5, 5.41) is 45.1. The normalized spacial score (nSPS) is 59.9. The van der Waals surface area contributed by atoms with Crippen molar-refractivity contribution in [1.82, 2.24) is 0 Å². The van der Waals surface area contributed by atoms with Gasteiger partial charge in [-0.2, -0.15) is 0 Å². The second-order valence-electron chi connectivity index (χ2n) is 10.1. The van der Waals surface area contributed by atoms with E-state index in [0.29, 0.717) is 31.3 Å². The lowest BCUT2D eigenvalue weighted by molar-refractivity contribution is -0.455. The molecule has 6 aliphatic rings. The molecule has 6 nitrogen and oxygen atoms in total. The van der Waals surface area contributed by atoms with Crippen LogP contribution in [0.3, 0.4) is 0 Å². The fraction of sp³-hybridized carbons (Fsp3) is 0.850. The summed E-state index contributed by atoms with van der Waals surface area (Å²) in [6.45, 7) is 8.01. The molecule has 2 spiro atoms. The molecule has 0 aromatic rings. The van der Waals surface area contributed by atoms with E-state index in [-0.39, 0.29) is 23.7 Å². The highest BCUT2D eigenvalue weighted by molar-refractivity contribution is 6.04. The van der Waals surface area contributed by atoms with Crippen LogP contribution in [0, 0.1) is 34.0 Å². The molecule has 0 amide bonds. The van der Waals surface area contributed by atoms with E-state index in [4.69, 9.17) is 4.74 Å². The third-order valence-electron chi connectivity index (χ3n) is 8.78. The smallest absolute Gasteiger partial charge is 0.205 e. The standard InChI is InChI=1S/C20H28O6/c1-9-10-6-11(21)13-18-8-26-20(25,19(13,7-10)15(9)23)16(24)14(18)17(2,3)5-4-12(18)22/h10-14,16,21-22,24-25H,1,4-8H2,2-3H3/t10-,11+,12+,13+,14-,16+,18+,19+,20-/m1/s1. The molecular formula is C20H28O6. The van der Waals surface area contributed by atoms with Gasteiger partial charge in [-0.1, -0.05) is 20.4 Å². The van der Waals surface area contributed by atoms with Gasteiger partial charge < -0.3 is 25.2 Å². The molecule has 9 atom stereocenters. The first kappa shape index (κ1) is 17.3. The molecule has 6 rings (SSSR count). The Kier molecular flexibility index (Phi) is 3.07. The molecule has 2 heterocycles. The van der Waals surface area contributed by atoms with Crippen LogP contribution in [0.25, 0.3) is 0 Å². The largest absolute Gasteiger partial charge is 0.393 e. The van der Waals surface area contributed by atoms with Crippen molar-refractivity contribution < 1.29 is 30.0 Å². The fourth-order valence-corrected chi connectivity index (χ4v) is 7.88. The number of carbonyl (C=O) groups excluding carboxylic acids is 1. The lowest BCUT2D eigenvalue weighted by Crippen LogP contribution is -2.85. The van der Waals surface area contributed by atoms with Crippen LogP contribution in [-0.2, 0) is 9.53 Å². The average Bonchev–Trinajstić information content (AvgIpc) is 2.76. The number of hydrogen-bond donors (Lipinski definition) is 4. The summed E-state index contributed by atoms with van der Waals surface area (Å²) < 4.78 is 5.83. The van der Waals surface area contributed by atoms with Crippen LogP contribution >= 0.6 is 0 Å². The van der Waals surface area contributed by atoms with Crippen molar-refractivity contribution >= 4 is 5.78 Å². The Bertz CT molecular complexity index is 717. The number of rotatable bonds is 0. The first-order chi connectivity index (χ1) is 12.0. The quantitative estimate of drug-likeness (QED) is 0.463. The SMILES string of the molecule is C=C1C(=O)[C@]23C[C@H]1C[C@H](O)[C@H]2[C@@]12CO[C@]3(O)[C@@H](O)[C@@H]1C(C)(C)CC[C@@H]2O. The van der Waals surface area contributed by atoms with Gasteiger partial charge in [-0.05, 0) is 42.6 Å². The van der Waals surface area contributed by atoms with Crippen LogP contribution in [0.5, 0.6) is 0 Å². The summed E-state index contributed by atoms with van der Waals surface area (Å²) in [6.07, 6.45) is -0.978. The van der Waals surface area contributed by atoms with Gasteiger partial charge in [0.25, 0.3) is 0 Å². The van der Waals surface area contributed by atoms with Crippen LogP contribution in [0.4, 0.5) is 0 Å². The van der Waals surface area contributed by atoms with Crippen LogP contribution in [0.1, 0.15) is 39.5 Å². The molecular weight excluding hydrogens is 336 g/mol. The number of aliphatic hydroxyl groups excluding tert-OH is 3. The number of allylic oxidation sites excluding steroid dienone is 1. The van der Waals surface area contributed by atoms with Crippen molar-refractivity contribution in [3.05, 3.63) is 12.2 Å². The summed E-state index contributed by atoms with van der Waals surface area (Å²) in [5.41, 5.74) is -2.32. The maximum absolute atomic E-state index is 13.3. The molecule has 0 unspecified atom stereocenters. The Morgan fingerprint density at radius 1 is 1.19 bits per heavy atom. The van der Waals surface area contributed by atoms with E-state index in [1.165, 1.54) is 0 Å². The zero-order valence-corrected chi connectivity index (χ0v) is 15.3. The predicted molar refractivity (Wildman–Crippen MR) is 90.7 cm³/mol. The van der Waals surface area contributed by atoms with Crippen LogP contribution in [0.15, 0.2) is 12.2 Å². The first-order valence-electron chi connectivity index (χ1n) is 9.68. The molecule has 2 aliphatic heterocycles. The Balaban J connectivity index is 1.81. The number of Topliss-reactive ketones (excluding diaryl/α,β-unsaturated/α-hetero) is 1. The van der Waals surface area contributed by atoms with Crippen molar-refractivity contribution in [2.75, 3.05) is 6.61 Å². The third-order valence-corrected chi connectivity index (χ3v) is 8.78. The highest BCUT2D eigenvalue weighted by Gasteiger charge is 2.85. The third kappa shape index (κ3) is 1.47. The highest BCUT2D eigenvalue weighted by atomic mass is 16.6. The van der Waals surface area contributed by atoms with E-state index in [2.05, 4.69) is 6.58 Å². The molecule has 0 aromatic carbocycles. The van der Waals surface area contributed by atoms with Gasteiger partial charge in [-0.3, -0.25) is 4.79 Å². The summed E-state index contributed by atoms with van der Waals surface area (Å²) in [6, 6.07) is 0. The number of ether oxygens (including phenoxy) is 1. The Morgan fingerprint density at radius 3 is 2.58 bits per heavy atom. The molecule has 4 bridgehead atoms. The highest BCUT2D eigenvalue weighted by Crippen LogP contribution is 2.76. The number of fused-ring (bicyclic) bond motifs is 2. The Morgan fingerprint density at radius 2 is 1.88 bits per heavy atom. The summed E-state index contributed by atoms with van der Waals surface area (Å²) in [5.74, 6) is -3.66. The maximum atomic E-state index is 13.3. The van der Waals surface area contributed by atoms with E-state index in [1.807, 2.05) is 13.8 Å². The van der Waals surface area contributed by atoms with Crippen molar-refractivity contribution in [2.24, 2.45) is 34.0 Å². The fourth-order valence-electron chi connectivity index (χ4n) is 7.88. The summed E-state index contributed by atoms with van der Waals surface area (Å²) in [7, 11) is 0. The minimum Gasteiger partial charge on any atom is -0.393 e.